The van der Waals surface area contributed by atoms with E-state index in [9.17, 15) is 9.59 Å². The number of nitrogens with one attached hydrogen (secondary N) is 1. The first-order valence-electron chi connectivity index (χ1n) is 5.40. The van der Waals surface area contributed by atoms with Crippen LogP contribution in [0.1, 0.15) is 47.0 Å². The third-order valence-electron chi connectivity index (χ3n) is 2.76. The Labute approximate surface area is 91.1 Å². The van der Waals surface area contributed by atoms with E-state index in [0.29, 0.717) is 12.8 Å². The van der Waals surface area contributed by atoms with Crippen LogP contribution in [0.2, 0.25) is 0 Å². The second-order valence-corrected chi connectivity index (χ2v) is 4.20. The van der Waals surface area contributed by atoms with Crippen molar-refractivity contribution in [3.05, 3.63) is 0 Å². The van der Waals surface area contributed by atoms with Crippen molar-refractivity contribution in [2.45, 2.75) is 52.5 Å². The lowest BCUT2D eigenvalue weighted by Gasteiger charge is -2.32. The van der Waals surface area contributed by atoms with Crippen LogP contribution >= 0.6 is 0 Å². The molecule has 0 aliphatic heterocycles. The Morgan fingerprint density at radius 1 is 1.27 bits per heavy atom. The zero-order chi connectivity index (χ0) is 12.1. The van der Waals surface area contributed by atoms with Gasteiger partial charge in [-0.2, -0.15) is 0 Å². The van der Waals surface area contributed by atoms with Gasteiger partial charge < -0.3 is 10.4 Å². The molecule has 4 nitrogen and oxygen atoms in total. The highest BCUT2D eigenvalue weighted by molar-refractivity contribution is 5.79. The summed E-state index contributed by atoms with van der Waals surface area (Å²) in [4.78, 5) is 22.3. The Kier molecular flexibility index (Phi) is 5.33. The lowest BCUT2D eigenvalue weighted by molar-refractivity contribution is -0.139. The van der Waals surface area contributed by atoms with E-state index in [1.165, 1.54) is 0 Å². The summed E-state index contributed by atoms with van der Waals surface area (Å²) >= 11 is 0. The van der Waals surface area contributed by atoms with E-state index in [0.717, 1.165) is 0 Å². The minimum atomic E-state index is -0.872. The van der Waals surface area contributed by atoms with E-state index in [1.807, 2.05) is 13.8 Å². The molecule has 0 saturated heterocycles. The number of aliphatic carboxylic acids is 1. The van der Waals surface area contributed by atoms with Crippen LogP contribution < -0.4 is 5.32 Å². The average molecular weight is 215 g/mol. The van der Waals surface area contributed by atoms with Crippen LogP contribution in [0.5, 0.6) is 0 Å². The Morgan fingerprint density at radius 3 is 2.00 bits per heavy atom. The molecule has 0 radical (unpaired) electrons. The van der Waals surface area contributed by atoms with Gasteiger partial charge >= 0.3 is 5.97 Å². The second kappa shape index (κ2) is 5.73. The van der Waals surface area contributed by atoms with E-state index in [2.05, 4.69) is 5.32 Å². The Balaban J connectivity index is 4.63. The summed E-state index contributed by atoms with van der Waals surface area (Å²) in [7, 11) is 0. The molecule has 0 spiro atoms. The fraction of sp³-hybridized carbons (Fsp3) is 0.818. The summed E-state index contributed by atoms with van der Waals surface area (Å²) < 4.78 is 0. The molecule has 0 rings (SSSR count). The van der Waals surface area contributed by atoms with Crippen molar-refractivity contribution in [3.63, 3.8) is 0 Å². The third-order valence-corrected chi connectivity index (χ3v) is 2.76. The molecule has 1 amide bonds. The van der Waals surface area contributed by atoms with Gasteiger partial charge in [-0.05, 0) is 12.8 Å². The molecule has 88 valence electrons. The summed E-state index contributed by atoms with van der Waals surface area (Å²) in [5.41, 5.74) is -0.590. The van der Waals surface area contributed by atoms with Gasteiger partial charge in [-0.3, -0.25) is 9.59 Å². The lowest BCUT2D eigenvalue weighted by atomic mass is 9.88. The van der Waals surface area contributed by atoms with Crippen molar-refractivity contribution in [2.75, 3.05) is 0 Å². The number of carbonyl (C=O) groups excluding carboxylic acids is 1. The zero-order valence-electron chi connectivity index (χ0n) is 9.96. The number of carboxylic acid groups (broad SMARTS) is 1. The van der Waals surface area contributed by atoms with Crippen LogP contribution in [0, 0.1) is 5.92 Å². The standard InChI is InChI=1S/C11H21NO3/c1-5-11(6-2,7-9(13)14)12-10(15)8(3)4/h8H,5-7H2,1-4H3,(H,12,15)(H,13,14). The molecule has 0 saturated carbocycles. The monoisotopic (exact) mass is 215 g/mol. The van der Waals surface area contributed by atoms with Crippen molar-refractivity contribution >= 4 is 11.9 Å². The molecule has 0 bridgehead atoms. The van der Waals surface area contributed by atoms with Crippen molar-refractivity contribution < 1.29 is 14.7 Å². The molecule has 0 fully saturated rings. The van der Waals surface area contributed by atoms with E-state index >= 15 is 0 Å². The zero-order valence-corrected chi connectivity index (χ0v) is 9.96. The molecule has 0 aliphatic carbocycles. The van der Waals surface area contributed by atoms with Crippen LogP contribution in [-0.2, 0) is 9.59 Å². The van der Waals surface area contributed by atoms with Gasteiger partial charge in [-0.15, -0.1) is 0 Å². The number of hydrogen-bond donors (Lipinski definition) is 2. The summed E-state index contributed by atoms with van der Waals surface area (Å²) in [6.45, 7) is 7.39. The van der Waals surface area contributed by atoms with Crippen molar-refractivity contribution in [1.29, 1.82) is 0 Å². The molecule has 15 heavy (non-hydrogen) atoms. The van der Waals surface area contributed by atoms with E-state index in [1.54, 1.807) is 13.8 Å². The number of amides is 1. The van der Waals surface area contributed by atoms with Crippen LogP contribution in [0.15, 0.2) is 0 Å². The maximum atomic E-state index is 11.6. The average Bonchev–Trinajstić information content (AvgIpc) is 2.15. The fourth-order valence-electron chi connectivity index (χ4n) is 1.42. The molecule has 0 aromatic heterocycles. The van der Waals surface area contributed by atoms with Crippen LogP contribution in [0.25, 0.3) is 0 Å². The first-order chi connectivity index (χ1) is 6.87. The topological polar surface area (TPSA) is 66.4 Å². The lowest BCUT2D eigenvalue weighted by Crippen LogP contribution is -2.50. The molecule has 0 aromatic carbocycles. The summed E-state index contributed by atoms with van der Waals surface area (Å²) in [5.74, 6) is -1.07. The van der Waals surface area contributed by atoms with Gasteiger partial charge in [-0.1, -0.05) is 27.7 Å². The number of carbonyl (C=O) groups is 2. The minimum absolute atomic E-state index is 0.0154. The number of hydrogen-bond acceptors (Lipinski definition) is 2. The van der Waals surface area contributed by atoms with Gasteiger partial charge in [0.15, 0.2) is 0 Å². The first kappa shape index (κ1) is 13.9. The van der Waals surface area contributed by atoms with Crippen LogP contribution in [0.3, 0.4) is 0 Å². The van der Waals surface area contributed by atoms with Gasteiger partial charge in [-0.25, -0.2) is 0 Å². The van der Waals surface area contributed by atoms with Gasteiger partial charge in [0.1, 0.15) is 0 Å². The van der Waals surface area contributed by atoms with E-state index in [4.69, 9.17) is 5.11 Å². The number of carboxylic acids is 1. The molecule has 0 unspecified atom stereocenters. The molecule has 4 heteroatoms. The van der Waals surface area contributed by atoms with Crippen molar-refractivity contribution in [1.82, 2.24) is 5.32 Å². The Morgan fingerprint density at radius 2 is 1.73 bits per heavy atom. The normalized spacial score (nSPS) is 11.5. The largest absolute Gasteiger partial charge is 0.481 e. The van der Waals surface area contributed by atoms with E-state index in [-0.39, 0.29) is 18.2 Å². The second-order valence-electron chi connectivity index (χ2n) is 4.20. The van der Waals surface area contributed by atoms with E-state index < -0.39 is 11.5 Å². The molecule has 0 heterocycles. The maximum absolute atomic E-state index is 11.6. The highest BCUT2D eigenvalue weighted by Gasteiger charge is 2.31. The Hall–Kier alpha value is -1.06. The van der Waals surface area contributed by atoms with Gasteiger partial charge in [0, 0.05) is 11.5 Å². The molecule has 0 aliphatic rings. The highest BCUT2D eigenvalue weighted by Crippen LogP contribution is 2.20. The van der Waals surface area contributed by atoms with Crippen molar-refractivity contribution in [3.8, 4) is 0 Å². The number of rotatable bonds is 6. The first-order valence-corrected chi connectivity index (χ1v) is 5.40. The predicted molar refractivity (Wildman–Crippen MR) is 58.5 cm³/mol. The quantitative estimate of drug-likeness (QED) is 0.710. The van der Waals surface area contributed by atoms with Gasteiger partial charge in [0.05, 0.1) is 6.42 Å². The predicted octanol–water partition coefficient (Wildman–Crippen LogP) is 1.79. The molecule has 0 aromatic rings. The SMILES string of the molecule is CCC(CC)(CC(=O)O)NC(=O)C(C)C. The third kappa shape index (κ3) is 4.32. The molecular formula is C11H21NO3. The Bertz CT molecular complexity index is 232. The highest BCUT2D eigenvalue weighted by atomic mass is 16.4. The fourth-order valence-corrected chi connectivity index (χ4v) is 1.42. The van der Waals surface area contributed by atoms with Crippen LogP contribution in [0.4, 0.5) is 0 Å². The minimum Gasteiger partial charge on any atom is -0.481 e. The maximum Gasteiger partial charge on any atom is 0.305 e. The molecule has 0 atom stereocenters. The van der Waals surface area contributed by atoms with Crippen molar-refractivity contribution in [2.24, 2.45) is 5.92 Å². The molecule has 2 N–H and O–H groups in total. The molecular weight excluding hydrogens is 194 g/mol. The van der Waals surface area contributed by atoms with Gasteiger partial charge in [0.25, 0.3) is 0 Å². The summed E-state index contributed by atoms with van der Waals surface area (Å²) in [6.07, 6.45) is 1.25. The van der Waals surface area contributed by atoms with Gasteiger partial charge in [0.2, 0.25) is 5.91 Å². The van der Waals surface area contributed by atoms with Crippen LogP contribution in [-0.4, -0.2) is 22.5 Å². The smallest absolute Gasteiger partial charge is 0.305 e. The summed E-state index contributed by atoms with van der Waals surface area (Å²) in [6, 6.07) is 0. The summed E-state index contributed by atoms with van der Waals surface area (Å²) in [5, 5.41) is 11.7.